The maximum Gasteiger partial charge on any atom is 0.274 e. The molecule has 2 aliphatic rings. The fourth-order valence-corrected chi connectivity index (χ4v) is 3.63. The van der Waals surface area contributed by atoms with Crippen LogP contribution in [0.3, 0.4) is 0 Å². The first kappa shape index (κ1) is 14.3. The number of nitrogens with zero attached hydrogens (tertiary/aromatic N) is 4. The summed E-state index contributed by atoms with van der Waals surface area (Å²) in [5.74, 6) is -0.00184. The highest BCUT2D eigenvalue weighted by Gasteiger charge is 2.32. The van der Waals surface area contributed by atoms with Crippen LogP contribution in [0.2, 0.25) is 0 Å². The van der Waals surface area contributed by atoms with Crippen molar-refractivity contribution in [3.05, 3.63) is 59.7 Å². The molecule has 1 saturated heterocycles. The van der Waals surface area contributed by atoms with Gasteiger partial charge >= 0.3 is 0 Å². The first-order valence-electron chi connectivity index (χ1n) is 8.17. The van der Waals surface area contributed by atoms with Gasteiger partial charge in [-0.3, -0.25) is 14.7 Å². The highest BCUT2D eigenvalue weighted by Crippen LogP contribution is 2.24. The number of amides is 1. The molecule has 2 aliphatic heterocycles. The Morgan fingerprint density at radius 1 is 1.13 bits per heavy atom. The fourth-order valence-electron chi connectivity index (χ4n) is 3.63. The van der Waals surface area contributed by atoms with Crippen LogP contribution in [0.1, 0.15) is 28.0 Å². The molecule has 3 heterocycles. The van der Waals surface area contributed by atoms with Crippen molar-refractivity contribution < 1.29 is 4.79 Å². The van der Waals surface area contributed by atoms with Crippen LogP contribution in [0.4, 0.5) is 0 Å². The number of likely N-dealkylation sites (tertiary alicyclic amines) is 1. The Bertz CT molecular complexity index is 703. The molecule has 23 heavy (non-hydrogen) atoms. The smallest absolute Gasteiger partial charge is 0.274 e. The Hall–Kier alpha value is -2.27. The van der Waals surface area contributed by atoms with Crippen molar-refractivity contribution in [2.24, 2.45) is 0 Å². The van der Waals surface area contributed by atoms with Crippen LogP contribution in [-0.4, -0.2) is 51.4 Å². The zero-order valence-corrected chi connectivity index (χ0v) is 13.1. The van der Waals surface area contributed by atoms with Gasteiger partial charge < -0.3 is 4.90 Å². The van der Waals surface area contributed by atoms with Gasteiger partial charge in [0.1, 0.15) is 5.69 Å². The molecular weight excluding hydrogens is 288 g/mol. The van der Waals surface area contributed by atoms with Crippen molar-refractivity contribution in [1.82, 2.24) is 19.8 Å². The van der Waals surface area contributed by atoms with Gasteiger partial charge in [0.05, 0.1) is 6.20 Å². The van der Waals surface area contributed by atoms with Gasteiger partial charge in [0.2, 0.25) is 0 Å². The Balaban J connectivity index is 1.42. The van der Waals surface area contributed by atoms with Gasteiger partial charge in [-0.15, -0.1) is 0 Å². The molecule has 0 spiro atoms. The number of hydrogen-bond donors (Lipinski definition) is 0. The van der Waals surface area contributed by atoms with Crippen molar-refractivity contribution >= 4 is 5.91 Å². The van der Waals surface area contributed by atoms with Gasteiger partial charge in [-0.2, -0.15) is 0 Å². The average Bonchev–Trinajstić information content (AvgIpc) is 3.11. The second-order valence-corrected chi connectivity index (χ2v) is 6.27. The quantitative estimate of drug-likeness (QED) is 0.848. The number of hydrogen-bond acceptors (Lipinski definition) is 4. The molecule has 0 aliphatic carbocycles. The normalized spacial score (nSPS) is 21.2. The summed E-state index contributed by atoms with van der Waals surface area (Å²) in [7, 11) is 0. The van der Waals surface area contributed by atoms with Gasteiger partial charge in [0.25, 0.3) is 5.91 Å². The lowest BCUT2D eigenvalue weighted by atomic mass is 9.98. The van der Waals surface area contributed by atoms with Crippen LogP contribution >= 0.6 is 0 Å². The minimum Gasteiger partial charge on any atom is -0.336 e. The summed E-state index contributed by atoms with van der Waals surface area (Å²) in [6.07, 6.45) is 6.85. The van der Waals surface area contributed by atoms with Crippen LogP contribution < -0.4 is 0 Å². The predicted molar refractivity (Wildman–Crippen MR) is 86.9 cm³/mol. The molecule has 1 atom stereocenters. The highest BCUT2D eigenvalue weighted by atomic mass is 16.2. The lowest BCUT2D eigenvalue weighted by molar-refractivity contribution is 0.0767. The molecule has 1 aromatic carbocycles. The molecule has 0 radical (unpaired) electrons. The van der Waals surface area contributed by atoms with Crippen LogP contribution in [0.5, 0.6) is 0 Å². The zero-order chi connectivity index (χ0) is 15.6. The van der Waals surface area contributed by atoms with Crippen molar-refractivity contribution in [1.29, 1.82) is 0 Å². The molecule has 0 saturated carbocycles. The molecule has 2 aromatic rings. The first-order valence-corrected chi connectivity index (χ1v) is 8.17. The van der Waals surface area contributed by atoms with Crippen LogP contribution in [-0.2, 0) is 13.0 Å². The molecule has 5 nitrogen and oxygen atoms in total. The van der Waals surface area contributed by atoms with Gasteiger partial charge in [0, 0.05) is 44.6 Å². The number of carbonyl (C=O) groups excluding carboxylic acids is 1. The number of fused-ring (bicyclic) bond motifs is 1. The van der Waals surface area contributed by atoms with Gasteiger partial charge in [0.15, 0.2) is 0 Å². The summed E-state index contributed by atoms with van der Waals surface area (Å²) in [5.41, 5.74) is 3.34. The molecule has 4 rings (SSSR count). The van der Waals surface area contributed by atoms with Crippen molar-refractivity contribution in [2.75, 3.05) is 19.6 Å². The molecule has 1 unspecified atom stereocenters. The Morgan fingerprint density at radius 3 is 2.83 bits per heavy atom. The average molecular weight is 308 g/mol. The molecule has 5 heteroatoms. The third-order valence-corrected chi connectivity index (χ3v) is 4.91. The molecule has 0 bridgehead atoms. The lowest BCUT2D eigenvalue weighted by Gasteiger charge is -2.33. The minimum absolute atomic E-state index is 0.00184. The van der Waals surface area contributed by atoms with E-state index in [-0.39, 0.29) is 5.91 Å². The molecule has 118 valence electrons. The first-order chi connectivity index (χ1) is 11.3. The maximum absolute atomic E-state index is 12.5. The van der Waals surface area contributed by atoms with E-state index in [4.69, 9.17) is 0 Å². The lowest BCUT2D eigenvalue weighted by Crippen LogP contribution is -2.41. The summed E-state index contributed by atoms with van der Waals surface area (Å²) >= 11 is 0. The zero-order valence-electron chi connectivity index (χ0n) is 13.1. The van der Waals surface area contributed by atoms with Crippen molar-refractivity contribution in [2.45, 2.75) is 25.4 Å². The van der Waals surface area contributed by atoms with Gasteiger partial charge in [-0.25, -0.2) is 4.98 Å². The molecule has 1 fully saturated rings. The third kappa shape index (κ3) is 2.84. The largest absolute Gasteiger partial charge is 0.336 e. The number of aromatic nitrogens is 2. The summed E-state index contributed by atoms with van der Waals surface area (Å²) in [6, 6.07) is 9.13. The SMILES string of the molecule is O=C(c1cnccn1)N1CCC(N2CCc3ccccc3C2)C1. The van der Waals surface area contributed by atoms with Gasteiger partial charge in [-0.05, 0) is 24.0 Å². The Labute approximate surface area is 136 Å². The van der Waals surface area contributed by atoms with E-state index in [1.807, 2.05) is 4.90 Å². The monoisotopic (exact) mass is 308 g/mol. The van der Waals surface area contributed by atoms with Crippen LogP contribution in [0, 0.1) is 0 Å². The number of benzene rings is 1. The van der Waals surface area contributed by atoms with Crippen molar-refractivity contribution in [3.8, 4) is 0 Å². The second-order valence-electron chi connectivity index (χ2n) is 6.27. The Kier molecular flexibility index (Phi) is 3.79. The van der Waals surface area contributed by atoms with E-state index < -0.39 is 0 Å². The van der Waals surface area contributed by atoms with E-state index in [0.717, 1.165) is 39.0 Å². The van der Waals surface area contributed by atoms with E-state index in [1.54, 1.807) is 18.6 Å². The minimum atomic E-state index is -0.00184. The van der Waals surface area contributed by atoms with Crippen LogP contribution in [0.15, 0.2) is 42.9 Å². The number of carbonyl (C=O) groups is 1. The number of rotatable bonds is 2. The summed E-state index contributed by atoms with van der Waals surface area (Å²) in [4.78, 5) is 25.0. The van der Waals surface area contributed by atoms with E-state index in [0.29, 0.717) is 11.7 Å². The molecule has 1 aromatic heterocycles. The van der Waals surface area contributed by atoms with Crippen molar-refractivity contribution in [3.63, 3.8) is 0 Å². The summed E-state index contributed by atoms with van der Waals surface area (Å²) in [5, 5.41) is 0. The topological polar surface area (TPSA) is 49.3 Å². The Morgan fingerprint density at radius 2 is 2.00 bits per heavy atom. The maximum atomic E-state index is 12.5. The van der Waals surface area contributed by atoms with Crippen LogP contribution in [0.25, 0.3) is 0 Å². The standard InChI is InChI=1S/C18H20N4O/c23-18(17-11-19-7-8-20-17)22-10-6-16(13-22)21-9-5-14-3-1-2-4-15(14)12-21/h1-4,7-8,11,16H,5-6,9-10,12-13H2. The second kappa shape index (κ2) is 6.08. The third-order valence-electron chi connectivity index (χ3n) is 4.91. The molecule has 1 amide bonds. The fraction of sp³-hybridized carbons (Fsp3) is 0.389. The molecule has 0 N–H and O–H groups in total. The van der Waals surface area contributed by atoms with E-state index >= 15 is 0 Å². The van der Waals surface area contributed by atoms with E-state index in [2.05, 4.69) is 39.1 Å². The summed E-state index contributed by atoms with van der Waals surface area (Å²) < 4.78 is 0. The predicted octanol–water partition coefficient (Wildman–Crippen LogP) is 1.75. The molecular formula is C18H20N4O. The van der Waals surface area contributed by atoms with E-state index in [9.17, 15) is 4.79 Å². The van der Waals surface area contributed by atoms with E-state index in [1.165, 1.54) is 11.1 Å². The summed E-state index contributed by atoms with van der Waals surface area (Å²) in [6.45, 7) is 3.67. The van der Waals surface area contributed by atoms with Gasteiger partial charge in [-0.1, -0.05) is 24.3 Å². The highest BCUT2D eigenvalue weighted by molar-refractivity contribution is 5.92.